The molecule has 21 heavy (non-hydrogen) atoms. The lowest BCUT2D eigenvalue weighted by Gasteiger charge is -2.30. The van der Waals surface area contributed by atoms with Crippen LogP contribution in [-0.4, -0.2) is 22.0 Å². The molecule has 0 aliphatic heterocycles. The van der Waals surface area contributed by atoms with Crippen LogP contribution in [0.3, 0.4) is 0 Å². The van der Waals surface area contributed by atoms with Crippen molar-refractivity contribution < 1.29 is 8.42 Å². The molecule has 0 aromatic heterocycles. The third-order valence-electron chi connectivity index (χ3n) is 3.93. The van der Waals surface area contributed by atoms with E-state index in [0.29, 0.717) is 17.1 Å². The Kier molecular flexibility index (Phi) is 3.69. The summed E-state index contributed by atoms with van der Waals surface area (Å²) in [7, 11) is -1.77. The third kappa shape index (κ3) is 2.66. The molecule has 4 nitrogen and oxygen atoms in total. The van der Waals surface area contributed by atoms with Crippen LogP contribution in [0.1, 0.15) is 17.0 Å². The Morgan fingerprint density at radius 2 is 1.81 bits per heavy atom. The molecule has 0 spiro atoms. The van der Waals surface area contributed by atoms with Gasteiger partial charge in [0.15, 0.2) is 0 Å². The average Bonchev–Trinajstić information content (AvgIpc) is 2.48. The van der Waals surface area contributed by atoms with Crippen molar-refractivity contribution in [2.45, 2.75) is 17.2 Å². The van der Waals surface area contributed by atoms with Crippen molar-refractivity contribution in [3.63, 3.8) is 0 Å². The van der Waals surface area contributed by atoms with Crippen LogP contribution in [0.15, 0.2) is 53.4 Å². The molecule has 1 aliphatic carbocycles. The Bertz CT molecular complexity index is 756. The predicted octanol–water partition coefficient (Wildman–Crippen LogP) is 2.35. The van der Waals surface area contributed by atoms with E-state index in [-0.39, 0.29) is 5.92 Å². The Hall–Kier alpha value is -1.85. The molecule has 0 heterocycles. The summed E-state index contributed by atoms with van der Waals surface area (Å²) in [5.41, 5.74) is 3.18. The van der Waals surface area contributed by atoms with Crippen LogP contribution in [0.25, 0.3) is 0 Å². The molecule has 3 rings (SSSR count). The number of nitrogens with one attached hydrogen (secondary N) is 2. The highest BCUT2D eigenvalue weighted by Crippen LogP contribution is 2.34. The molecule has 0 radical (unpaired) electrons. The van der Waals surface area contributed by atoms with Crippen molar-refractivity contribution in [3.8, 4) is 0 Å². The first-order chi connectivity index (χ1) is 10.1. The largest absolute Gasteiger partial charge is 0.387 e. The van der Waals surface area contributed by atoms with Crippen LogP contribution in [0.4, 0.5) is 5.69 Å². The van der Waals surface area contributed by atoms with Crippen LogP contribution in [0, 0.1) is 0 Å². The lowest BCUT2D eigenvalue weighted by Crippen LogP contribution is -2.33. The molecule has 5 heteroatoms. The molecule has 2 aromatic rings. The van der Waals surface area contributed by atoms with Gasteiger partial charge < -0.3 is 5.32 Å². The number of anilines is 1. The van der Waals surface area contributed by atoms with Gasteiger partial charge >= 0.3 is 0 Å². The van der Waals surface area contributed by atoms with Crippen LogP contribution in [0.5, 0.6) is 0 Å². The van der Waals surface area contributed by atoms with Crippen LogP contribution in [0.2, 0.25) is 0 Å². The van der Waals surface area contributed by atoms with E-state index < -0.39 is 10.0 Å². The Morgan fingerprint density at radius 1 is 1.10 bits per heavy atom. The summed E-state index contributed by atoms with van der Waals surface area (Å²) in [5.74, 6) is 0.276. The Balaban J connectivity index is 1.73. The average molecular weight is 302 g/mol. The topological polar surface area (TPSA) is 58.2 Å². The molecule has 1 aliphatic rings. The number of hydrogen-bond donors (Lipinski definition) is 2. The first-order valence-corrected chi connectivity index (χ1v) is 8.44. The first-order valence-electron chi connectivity index (χ1n) is 6.96. The van der Waals surface area contributed by atoms with Crippen molar-refractivity contribution in [1.82, 2.24) is 4.72 Å². The van der Waals surface area contributed by atoms with Gasteiger partial charge in [0.05, 0.1) is 5.69 Å². The molecular weight excluding hydrogens is 284 g/mol. The van der Waals surface area contributed by atoms with Crippen molar-refractivity contribution in [1.29, 1.82) is 0 Å². The summed E-state index contributed by atoms with van der Waals surface area (Å²) in [6.45, 7) is 0.442. The zero-order valence-corrected chi connectivity index (χ0v) is 12.7. The highest BCUT2D eigenvalue weighted by atomic mass is 32.2. The maximum absolute atomic E-state index is 12.4. The van der Waals surface area contributed by atoms with Gasteiger partial charge in [-0.25, -0.2) is 13.1 Å². The van der Waals surface area contributed by atoms with Crippen molar-refractivity contribution in [2.75, 3.05) is 18.9 Å². The van der Waals surface area contributed by atoms with E-state index >= 15 is 0 Å². The lowest BCUT2D eigenvalue weighted by atomic mass is 9.78. The zero-order valence-electron chi connectivity index (χ0n) is 11.8. The van der Waals surface area contributed by atoms with E-state index in [2.05, 4.69) is 22.2 Å². The van der Waals surface area contributed by atoms with Crippen molar-refractivity contribution >= 4 is 15.7 Å². The number of sulfonamides is 1. The molecular formula is C16H18N2O2S. The highest BCUT2D eigenvalue weighted by Gasteiger charge is 2.27. The minimum Gasteiger partial charge on any atom is -0.387 e. The molecule has 0 amide bonds. The van der Waals surface area contributed by atoms with Gasteiger partial charge in [0.25, 0.3) is 0 Å². The van der Waals surface area contributed by atoms with Gasteiger partial charge in [-0.1, -0.05) is 36.4 Å². The smallest absolute Gasteiger partial charge is 0.242 e. The fourth-order valence-corrected chi connectivity index (χ4v) is 4.03. The molecule has 110 valence electrons. The number of rotatable bonds is 5. The van der Waals surface area contributed by atoms with Gasteiger partial charge in [0, 0.05) is 19.5 Å². The normalized spacial score (nSPS) is 16.9. The minimum atomic E-state index is -3.49. The molecule has 0 bridgehead atoms. The summed E-state index contributed by atoms with van der Waals surface area (Å²) in [6, 6.07) is 15.1. The van der Waals surface area contributed by atoms with Gasteiger partial charge in [-0.15, -0.1) is 0 Å². The SMILES string of the molecule is CNc1ccccc1S(=O)(=O)NCC1Cc2ccccc21. The van der Waals surface area contributed by atoms with E-state index in [9.17, 15) is 8.42 Å². The monoisotopic (exact) mass is 302 g/mol. The van der Waals surface area contributed by atoms with Crippen LogP contribution >= 0.6 is 0 Å². The second-order valence-corrected chi connectivity index (χ2v) is 6.93. The van der Waals surface area contributed by atoms with E-state index in [1.54, 1.807) is 25.2 Å². The second-order valence-electron chi connectivity index (χ2n) is 5.20. The summed E-state index contributed by atoms with van der Waals surface area (Å²) in [5, 5.41) is 2.91. The van der Waals surface area contributed by atoms with Crippen LogP contribution in [-0.2, 0) is 16.4 Å². The van der Waals surface area contributed by atoms with Gasteiger partial charge in [-0.05, 0) is 29.7 Å². The van der Waals surface area contributed by atoms with E-state index in [0.717, 1.165) is 6.42 Å². The van der Waals surface area contributed by atoms with E-state index in [1.165, 1.54) is 11.1 Å². The fourth-order valence-electron chi connectivity index (χ4n) is 2.74. The summed E-state index contributed by atoms with van der Waals surface area (Å²) in [6.07, 6.45) is 0.937. The molecule has 1 unspecified atom stereocenters. The molecule has 0 saturated carbocycles. The maximum atomic E-state index is 12.4. The standard InChI is InChI=1S/C16H18N2O2S/c1-17-15-8-4-5-9-16(15)21(19,20)18-11-13-10-12-6-2-3-7-14(12)13/h2-9,13,17-18H,10-11H2,1H3. The van der Waals surface area contributed by atoms with Gasteiger partial charge in [-0.2, -0.15) is 0 Å². The molecule has 0 saturated heterocycles. The Morgan fingerprint density at radius 3 is 2.57 bits per heavy atom. The number of benzene rings is 2. The first kappa shape index (κ1) is 14.1. The molecule has 0 fully saturated rings. The predicted molar refractivity (Wildman–Crippen MR) is 84.1 cm³/mol. The molecule has 2 N–H and O–H groups in total. The zero-order chi connectivity index (χ0) is 14.9. The van der Waals surface area contributed by atoms with Gasteiger partial charge in [0.2, 0.25) is 10.0 Å². The lowest BCUT2D eigenvalue weighted by molar-refractivity contribution is 0.552. The number of fused-ring (bicyclic) bond motifs is 1. The highest BCUT2D eigenvalue weighted by molar-refractivity contribution is 7.89. The minimum absolute atomic E-state index is 0.276. The van der Waals surface area contributed by atoms with Crippen LogP contribution < -0.4 is 10.0 Å². The number of hydrogen-bond acceptors (Lipinski definition) is 3. The Labute approximate surface area is 125 Å². The van der Waals surface area contributed by atoms with Crippen molar-refractivity contribution in [2.24, 2.45) is 0 Å². The van der Waals surface area contributed by atoms with Gasteiger partial charge in [0.1, 0.15) is 4.90 Å². The third-order valence-corrected chi connectivity index (χ3v) is 5.41. The number of para-hydroxylation sites is 1. The quantitative estimate of drug-likeness (QED) is 0.891. The van der Waals surface area contributed by atoms with Crippen molar-refractivity contribution in [3.05, 3.63) is 59.7 Å². The summed E-state index contributed by atoms with van der Waals surface area (Å²) in [4.78, 5) is 0.292. The van der Waals surface area contributed by atoms with E-state index in [1.807, 2.05) is 18.2 Å². The fraction of sp³-hybridized carbons (Fsp3) is 0.250. The second kappa shape index (κ2) is 5.50. The summed E-state index contributed by atoms with van der Waals surface area (Å²) >= 11 is 0. The molecule has 2 aromatic carbocycles. The molecule has 1 atom stereocenters. The maximum Gasteiger partial charge on any atom is 0.242 e. The van der Waals surface area contributed by atoms with Gasteiger partial charge in [-0.3, -0.25) is 0 Å². The summed E-state index contributed by atoms with van der Waals surface area (Å²) < 4.78 is 27.6. The van der Waals surface area contributed by atoms with E-state index in [4.69, 9.17) is 0 Å².